The van der Waals surface area contributed by atoms with Crippen LogP contribution in [0.1, 0.15) is 51.7 Å². The van der Waals surface area contributed by atoms with Crippen LogP contribution in [0, 0.1) is 13.8 Å². The van der Waals surface area contributed by atoms with Crippen LogP contribution in [-0.2, 0) is 0 Å². The number of hydrogen-bond donors (Lipinski definition) is 0. The van der Waals surface area contributed by atoms with Gasteiger partial charge in [-0.25, -0.2) is 4.98 Å². The summed E-state index contributed by atoms with van der Waals surface area (Å²) in [6, 6.07) is 16.4. The Kier molecular flexibility index (Phi) is 5.34. The van der Waals surface area contributed by atoms with Crippen LogP contribution in [0.2, 0.25) is 0 Å². The van der Waals surface area contributed by atoms with Gasteiger partial charge in [0.25, 0.3) is 0 Å². The molecule has 4 rings (SSSR count). The Balaban J connectivity index is 1.92. The van der Waals surface area contributed by atoms with Gasteiger partial charge in [0.2, 0.25) is 11.2 Å². The summed E-state index contributed by atoms with van der Waals surface area (Å²) in [4.78, 5) is 35.5. The van der Waals surface area contributed by atoms with Crippen molar-refractivity contribution in [1.82, 2.24) is 14.5 Å². The molecule has 0 fully saturated rings. The second-order valence-corrected chi connectivity index (χ2v) is 7.59. The normalized spacial score (nSPS) is 12.0. The van der Waals surface area contributed by atoms with Gasteiger partial charge in [0.15, 0.2) is 0 Å². The molecule has 31 heavy (non-hydrogen) atoms. The minimum atomic E-state index is -0.382. The Morgan fingerprint density at radius 3 is 2.55 bits per heavy atom. The molecule has 1 unspecified atom stereocenters. The third-order valence-electron chi connectivity index (χ3n) is 5.61. The van der Waals surface area contributed by atoms with E-state index in [1.165, 1.54) is 0 Å². The second kappa shape index (κ2) is 8.11. The molecule has 4 aromatic rings. The van der Waals surface area contributed by atoms with Gasteiger partial charge < -0.3 is 4.57 Å². The Hall–Kier alpha value is -3.86. The van der Waals surface area contributed by atoms with E-state index in [2.05, 4.69) is 16.5 Å². The smallest absolute Gasteiger partial charge is 0.216 e. The van der Waals surface area contributed by atoms with E-state index < -0.39 is 0 Å². The molecule has 3 aromatic heterocycles. The monoisotopic (exact) mass is 409 g/mol. The van der Waals surface area contributed by atoms with Crippen molar-refractivity contribution >= 4 is 22.8 Å². The van der Waals surface area contributed by atoms with E-state index in [1.807, 2.05) is 61.7 Å². The first-order valence-corrected chi connectivity index (χ1v) is 10.1. The first-order valence-electron chi connectivity index (χ1n) is 10.1. The van der Waals surface area contributed by atoms with E-state index in [4.69, 9.17) is 0 Å². The zero-order chi connectivity index (χ0) is 22.1. The van der Waals surface area contributed by atoms with Gasteiger partial charge in [0.05, 0.1) is 28.5 Å². The highest BCUT2D eigenvalue weighted by Crippen LogP contribution is 2.23. The lowest BCUT2D eigenvalue weighted by atomic mass is 10.0. The molecule has 0 N–H and O–H groups in total. The number of hydrogen-bond acceptors (Lipinski definition) is 4. The molecular formula is C26H23N3O2. The maximum Gasteiger partial charge on any atom is 0.216 e. The highest BCUT2D eigenvalue weighted by molar-refractivity contribution is 6.09. The van der Waals surface area contributed by atoms with Gasteiger partial charge in [0.1, 0.15) is 5.69 Å². The van der Waals surface area contributed by atoms with Crippen molar-refractivity contribution in [1.29, 1.82) is 0 Å². The predicted molar refractivity (Wildman–Crippen MR) is 123 cm³/mol. The van der Waals surface area contributed by atoms with Crippen molar-refractivity contribution in [3.8, 4) is 0 Å². The zero-order valence-corrected chi connectivity index (χ0v) is 17.8. The van der Waals surface area contributed by atoms with Gasteiger partial charge in [0, 0.05) is 17.3 Å². The van der Waals surface area contributed by atoms with Crippen LogP contribution < -0.4 is 5.43 Å². The average Bonchev–Trinajstić information content (AvgIpc) is 2.80. The number of para-hydroxylation sites is 1. The summed E-state index contributed by atoms with van der Waals surface area (Å²) in [6.07, 6.45) is 3.33. The molecule has 0 aliphatic carbocycles. The summed E-state index contributed by atoms with van der Waals surface area (Å²) in [5, 5.41) is 0.490. The molecule has 5 nitrogen and oxygen atoms in total. The summed E-state index contributed by atoms with van der Waals surface area (Å²) < 4.78 is 1.93. The van der Waals surface area contributed by atoms with E-state index >= 15 is 0 Å². The Morgan fingerprint density at radius 2 is 1.81 bits per heavy atom. The lowest BCUT2D eigenvalue weighted by Crippen LogP contribution is -2.22. The van der Waals surface area contributed by atoms with E-state index in [9.17, 15) is 9.59 Å². The first-order chi connectivity index (χ1) is 14.9. The number of carbonyl (C=O) groups excluding carboxylic acids is 1. The van der Waals surface area contributed by atoms with E-state index in [1.54, 1.807) is 30.5 Å². The van der Waals surface area contributed by atoms with Crippen LogP contribution in [0.15, 0.2) is 72.2 Å². The molecule has 0 bridgehead atoms. The fourth-order valence-electron chi connectivity index (χ4n) is 3.64. The number of aryl methyl sites for hydroxylation is 2. The number of carbonyl (C=O) groups is 1. The summed E-state index contributed by atoms with van der Waals surface area (Å²) in [5.74, 6) is -0.382. The fourth-order valence-corrected chi connectivity index (χ4v) is 3.64. The largest absolute Gasteiger partial charge is 0.338 e. The molecule has 3 heterocycles. The highest BCUT2D eigenvalue weighted by Gasteiger charge is 2.21. The minimum absolute atomic E-state index is 0.0983. The van der Waals surface area contributed by atoms with Crippen LogP contribution in [0.4, 0.5) is 0 Å². The summed E-state index contributed by atoms with van der Waals surface area (Å²) in [7, 11) is 0. The lowest BCUT2D eigenvalue weighted by molar-refractivity contribution is 0.103. The molecular weight excluding hydrogens is 386 g/mol. The second-order valence-electron chi connectivity index (χ2n) is 7.59. The van der Waals surface area contributed by atoms with Crippen LogP contribution >= 0.6 is 0 Å². The Bertz CT molecular complexity index is 1390. The van der Waals surface area contributed by atoms with Crippen molar-refractivity contribution in [2.24, 2.45) is 0 Å². The molecule has 154 valence electrons. The molecule has 0 radical (unpaired) electrons. The number of aromatic nitrogens is 3. The van der Waals surface area contributed by atoms with Crippen molar-refractivity contribution in [3.05, 3.63) is 111 Å². The quantitative estimate of drug-likeness (QED) is 0.440. The number of fused-ring (bicyclic) bond motifs is 1. The Morgan fingerprint density at radius 1 is 1.03 bits per heavy atom. The van der Waals surface area contributed by atoms with Gasteiger partial charge in [-0.05, 0) is 62.7 Å². The van der Waals surface area contributed by atoms with Gasteiger partial charge >= 0.3 is 0 Å². The topological polar surface area (TPSA) is 64.8 Å². The summed E-state index contributed by atoms with van der Waals surface area (Å²) in [5.41, 5.74) is 4.16. The molecule has 0 aliphatic rings. The first kappa shape index (κ1) is 20.4. The maximum atomic E-state index is 13.3. The summed E-state index contributed by atoms with van der Waals surface area (Å²) in [6.45, 7) is 9.57. The van der Waals surface area contributed by atoms with Gasteiger partial charge in [-0.1, -0.05) is 30.8 Å². The molecule has 5 heteroatoms. The number of pyridine rings is 3. The maximum absolute atomic E-state index is 13.3. The van der Waals surface area contributed by atoms with Gasteiger partial charge in [-0.15, -0.1) is 0 Å². The number of benzene rings is 1. The van der Waals surface area contributed by atoms with E-state index in [-0.39, 0.29) is 28.5 Å². The van der Waals surface area contributed by atoms with Crippen LogP contribution in [0.5, 0.6) is 0 Å². The lowest BCUT2D eigenvalue weighted by Gasteiger charge is -2.20. The third kappa shape index (κ3) is 3.70. The van der Waals surface area contributed by atoms with E-state index in [0.717, 1.165) is 28.2 Å². The number of nitrogens with zero attached hydrogens (tertiary/aromatic N) is 3. The average molecular weight is 409 g/mol. The molecule has 1 aromatic carbocycles. The van der Waals surface area contributed by atoms with Gasteiger partial charge in [-0.3, -0.25) is 14.6 Å². The Labute approximate surface area is 180 Å². The summed E-state index contributed by atoms with van der Waals surface area (Å²) >= 11 is 0. The van der Waals surface area contributed by atoms with Crippen molar-refractivity contribution in [2.75, 3.05) is 0 Å². The van der Waals surface area contributed by atoms with Gasteiger partial charge in [-0.2, -0.15) is 0 Å². The van der Waals surface area contributed by atoms with Crippen molar-refractivity contribution < 1.29 is 4.79 Å². The minimum Gasteiger partial charge on any atom is -0.338 e. The van der Waals surface area contributed by atoms with Crippen molar-refractivity contribution in [3.63, 3.8) is 0 Å². The fraction of sp³-hybridized carbons (Fsp3) is 0.154. The molecule has 0 saturated heterocycles. The van der Waals surface area contributed by atoms with Crippen LogP contribution in [-0.4, -0.2) is 20.3 Å². The molecule has 0 spiro atoms. The number of ketones is 1. The third-order valence-corrected chi connectivity index (χ3v) is 5.61. The predicted octanol–water partition coefficient (Wildman–Crippen LogP) is 4.89. The van der Waals surface area contributed by atoms with Crippen LogP contribution in [0.3, 0.4) is 0 Å². The molecule has 1 atom stereocenters. The zero-order valence-electron chi connectivity index (χ0n) is 17.8. The standard InChI is InChI=1S/C26H23N3O2/c1-5-19-9-8-11-22(28-19)18(4)29-15-21(25(30)20-10-6-7-12-24(20)29)26(31)23-14-13-16(2)17(3)27-23/h5-15,18H,1H2,2-4H3. The van der Waals surface area contributed by atoms with Crippen molar-refractivity contribution in [2.45, 2.75) is 26.8 Å². The highest BCUT2D eigenvalue weighted by atomic mass is 16.1. The molecule has 0 saturated carbocycles. The SMILES string of the molecule is C=Cc1cccc(C(C)n2cc(C(=O)c3ccc(C)c(C)n3)c(=O)c3ccccc32)n1. The molecule has 0 aliphatic heterocycles. The number of rotatable bonds is 5. The van der Waals surface area contributed by atoms with Crippen LogP contribution in [0.25, 0.3) is 17.0 Å². The van der Waals surface area contributed by atoms with E-state index in [0.29, 0.717) is 5.39 Å². The molecule has 0 amide bonds.